The van der Waals surface area contributed by atoms with Crippen LogP contribution in [0.2, 0.25) is 10.2 Å². The molecule has 4 nitrogen and oxygen atoms in total. The molecule has 0 saturated heterocycles. The van der Waals surface area contributed by atoms with Crippen molar-refractivity contribution in [3.8, 4) is 12.1 Å². The van der Waals surface area contributed by atoms with E-state index in [1.807, 2.05) is 12.1 Å². The van der Waals surface area contributed by atoms with Crippen LogP contribution < -0.4 is 5.32 Å². The molecule has 0 amide bonds. The van der Waals surface area contributed by atoms with E-state index in [-0.39, 0.29) is 5.15 Å². The zero-order chi connectivity index (χ0) is 13.8. The maximum atomic E-state index is 8.85. The number of aromatic nitrogens is 1. The molecule has 0 unspecified atom stereocenters. The van der Waals surface area contributed by atoms with E-state index in [1.54, 1.807) is 24.3 Å². The maximum absolute atomic E-state index is 8.85. The lowest BCUT2D eigenvalue weighted by Crippen LogP contribution is -1.96. The number of halogens is 2. The number of hydrogen-bond acceptors (Lipinski definition) is 4. The van der Waals surface area contributed by atoms with Gasteiger partial charge in [0.2, 0.25) is 0 Å². The van der Waals surface area contributed by atoms with E-state index in [2.05, 4.69) is 10.3 Å². The molecule has 0 radical (unpaired) electrons. The van der Waals surface area contributed by atoms with E-state index in [0.717, 1.165) is 0 Å². The Kier molecular flexibility index (Phi) is 3.87. The first kappa shape index (κ1) is 13.2. The number of rotatable bonds is 2. The normalized spacial score (nSPS) is 9.47. The summed E-state index contributed by atoms with van der Waals surface area (Å²) < 4.78 is 0. The molecule has 0 saturated carbocycles. The largest absolute Gasteiger partial charge is 0.339 e. The summed E-state index contributed by atoms with van der Waals surface area (Å²) in [5.74, 6) is 0.413. The maximum Gasteiger partial charge on any atom is 0.133 e. The predicted octanol–water partition coefficient (Wildman–Crippen LogP) is 3.88. The van der Waals surface area contributed by atoms with Gasteiger partial charge in [0, 0.05) is 0 Å². The monoisotopic (exact) mass is 288 g/mol. The summed E-state index contributed by atoms with van der Waals surface area (Å²) in [6, 6.07) is 11.8. The van der Waals surface area contributed by atoms with Gasteiger partial charge in [0.15, 0.2) is 0 Å². The molecule has 19 heavy (non-hydrogen) atoms. The van der Waals surface area contributed by atoms with Crippen molar-refractivity contribution in [3.05, 3.63) is 51.6 Å². The van der Waals surface area contributed by atoms with Crippen LogP contribution in [0.1, 0.15) is 11.1 Å². The Morgan fingerprint density at radius 2 is 1.74 bits per heavy atom. The predicted molar refractivity (Wildman–Crippen MR) is 73.4 cm³/mol. The molecule has 0 aliphatic heterocycles. The van der Waals surface area contributed by atoms with Gasteiger partial charge in [0.05, 0.1) is 34.0 Å². The zero-order valence-corrected chi connectivity index (χ0v) is 11.0. The van der Waals surface area contributed by atoms with E-state index in [4.69, 9.17) is 33.7 Å². The number of nitrogens with one attached hydrogen (secondary N) is 1. The Morgan fingerprint density at radius 3 is 2.37 bits per heavy atom. The van der Waals surface area contributed by atoms with Gasteiger partial charge in [-0.05, 0) is 30.3 Å². The van der Waals surface area contributed by atoms with Crippen LogP contribution in [-0.2, 0) is 0 Å². The molecule has 1 aromatic heterocycles. The Hall–Kier alpha value is -2.27. The second kappa shape index (κ2) is 5.58. The van der Waals surface area contributed by atoms with Crippen molar-refractivity contribution < 1.29 is 0 Å². The highest BCUT2D eigenvalue weighted by Gasteiger charge is 2.05. The van der Waals surface area contributed by atoms with E-state index >= 15 is 0 Å². The topological polar surface area (TPSA) is 72.5 Å². The zero-order valence-electron chi connectivity index (χ0n) is 9.48. The molecular weight excluding hydrogens is 283 g/mol. The minimum absolute atomic E-state index is 0.214. The smallest absolute Gasteiger partial charge is 0.133 e. The molecule has 0 atom stereocenters. The molecule has 0 aliphatic rings. The van der Waals surface area contributed by atoms with Crippen LogP contribution >= 0.6 is 23.2 Å². The number of nitrogens with zero attached hydrogens (tertiary/aromatic N) is 3. The van der Waals surface area contributed by atoms with Crippen LogP contribution in [0.15, 0.2) is 30.3 Å². The van der Waals surface area contributed by atoms with Gasteiger partial charge >= 0.3 is 0 Å². The molecule has 1 heterocycles. The van der Waals surface area contributed by atoms with Gasteiger partial charge in [-0.15, -0.1) is 0 Å². The van der Waals surface area contributed by atoms with Gasteiger partial charge in [-0.25, -0.2) is 4.98 Å². The summed E-state index contributed by atoms with van der Waals surface area (Å²) in [6.07, 6.45) is 0. The average Bonchev–Trinajstić information content (AvgIpc) is 2.40. The Morgan fingerprint density at radius 1 is 1.00 bits per heavy atom. The number of nitriles is 2. The summed E-state index contributed by atoms with van der Waals surface area (Å²) >= 11 is 11.8. The van der Waals surface area contributed by atoms with Crippen LogP contribution in [0, 0.1) is 22.7 Å². The van der Waals surface area contributed by atoms with Crippen LogP contribution in [0.25, 0.3) is 0 Å². The third kappa shape index (κ3) is 3.14. The Labute approximate surface area is 119 Å². The van der Waals surface area contributed by atoms with Crippen LogP contribution in [0.3, 0.4) is 0 Å². The highest BCUT2D eigenvalue weighted by Crippen LogP contribution is 2.26. The minimum Gasteiger partial charge on any atom is -0.339 e. The quantitative estimate of drug-likeness (QED) is 0.851. The Balaban J connectivity index is 2.34. The first-order valence-corrected chi connectivity index (χ1v) is 5.92. The number of anilines is 2. The summed E-state index contributed by atoms with van der Waals surface area (Å²) in [5.41, 5.74) is 1.44. The molecule has 0 spiro atoms. The van der Waals surface area contributed by atoms with E-state index in [9.17, 15) is 0 Å². The molecule has 2 rings (SSSR count). The summed E-state index contributed by atoms with van der Waals surface area (Å²) in [5, 5.41) is 21.2. The van der Waals surface area contributed by atoms with Crippen molar-refractivity contribution in [1.29, 1.82) is 10.5 Å². The van der Waals surface area contributed by atoms with Crippen molar-refractivity contribution in [1.82, 2.24) is 4.98 Å². The Bertz CT molecular complexity index is 714. The van der Waals surface area contributed by atoms with Gasteiger partial charge in [-0.2, -0.15) is 10.5 Å². The van der Waals surface area contributed by atoms with Crippen LogP contribution in [0.4, 0.5) is 11.5 Å². The second-order valence-electron chi connectivity index (χ2n) is 3.61. The highest BCUT2D eigenvalue weighted by atomic mass is 35.5. The van der Waals surface area contributed by atoms with Gasteiger partial charge < -0.3 is 5.32 Å². The SMILES string of the molecule is N#Cc1cc(Cl)nc(Nc2ccc(C#N)cc2Cl)c1. The van der Waals surface area contributed by atoms with Crippen molar-refractivity contribution in [2.45, 2.75) is 0 Å². The van der Waals surface area contributed by atoms with Gasteiger partial charge in [-0.3, -0.25) is 0 Å². The van der Waals surface area contributed by atoms with Gasteiger partial charge in [-0.1, -0.05) is 23.2 Å². The highest BCUT2D eigenvalue weighted by molar-refractivity contribution is 6.33. The molecule has 0 fully saturated rings. The van der Waals surface area contributed by atoms with E-state index in [1.165, 1.54) is 6.07 Å². The van der Waals surface area contributed by atoms with Crippen molar-refractivity contribution in [2.24, 2.45) is 0 Å². The molecule has 2 aromatic rings. The molecule has 1 aromatic carbocycles. The number of benzene rings is 1. The van der Waals surface area contributed by atoms with Crippen molar-refractivity contribution in [3.63, 3.8) is 0 Å². The van der Waals surface area contributed by atoms with Gasteiger partial charge in [0.25, 0.3) is 0 Å². The number of pyridine rings is 1. The van der Waals surface area contributed by atoms with Crippen LogP contribution in [0.5, 0.6) is 0 Å². The summed E-state index contributed by atoms with van der Waals surface area (Å²) in [7, 11) is 0. The van der Waals surface area contributed by atoms with Gasteiger partial charge in [0.1, 0.15) is 11.0 Å². The second-order valence-corrected chi connectivity index (χ2v) is 4.40. The fourth-order valence-corrected chi connectivity index (χ4v) is 1.89. The third-order valence-corrected chi connectivity index (χ3v) is 2.79. The summed E-state index contributed by atoms with van der Waals surface area (Å²) in [6.45, 7) is 0. The summed E-state index contributed by atoms with van der Waals surface area (Å²) in [4.78, 5) is 4.04. The van der Waals surface area contributed by atoms with Crippen LogP contribution in [-0.4, -0.2) is 4.98 Å². The molecule has 0 aliphatic carbocycles. The third-order valence-electron chi connectivity index (χ3n) is 2.28. The minimum atomic E-state index is 0.214. The standard InChI is InChI=1S/C13H6Cl2N4/c14-10-3-8(6-16)1-2-11(10)18-13-5-9(7-17)4-12(15)19-13/h1-5H,(H,18,19). The lowest BCUT2D eigenvalue weighted by atomic mass is 10.2. The molecule has 92 valence electrons. The first-order chi connectivity index (χ1) is 9.12. The average molecular weight is 289 g/mol. The fourth-order valence-electron chi connectivity index (χ4n) is 1.45. The lowest BCUT2D eigenvalue weighted by Gasteiger charge is -2.08. The molecule has 6 heteroatoms. The number of hydrogen-bond donors (Lipinski definition) is 1. The van der Waals surface area contributed by atoms with Crippen molar-refractivity contribution >= 4 is 34.7 Å². The van der Waals surface area contributed by atoms with Crippen molar-refractivity contribution in [2.75, 3.05) is 5.32 Å². The first-order valence-electron chi connectivity index (χ1n) is 5.17. The fraction of sp³-hybridized carbons (Fsp3) is 0. The molecular formula is C13H6Cl2N4. The van der Waals surface area contributed by atoms with E-state index < -0.39 is 0 Å². The van der Waals surface area contributed by atoms with E-state index in [0.29, 0.717) is 27.7 Å². The molecule has 1 N–H and O–H groups in total. The lowest BCUT2D eigenvalue weighted by molar-refractivity contribution is 1.29. The molecule has 0 bridgehead atoms.